The van der Waals surface area contributed by atoms with Crippen molar-refractivity contribution < 1.29 is 13.9 Å². The van der Waals surface area contributed by atoms with Crippen LogP contribution in [0.2, 0.25) is 5.02 Å². The maximum atomic E-state index is 13.3. The van der Waals surface area contributed by atoms with Crippen molar-refractivity contribution in [2.45, 2.75) is 6.42 Å². The molecule has 20 heavy (non-hydrogen) atoms. The third kappa shape index (κ3) is 4.05. The second kappa shape index (κ2) is 6.86. The second-order valence-electron chi connectivity index (χ2n) is 4.17. The van der Waals surface area contributed by atoms with E-state index < -0.39 is 0 Å². The minimum atomic E-state index is -0.383. The number of ketones is 1. The molecule has 0 N–H and O–H groups in total. The standard InChI is InChI=1S/C15H11BrClFO2/c16-15-10(3-1-6-14(15)18)7-12(19)9-20-13-5-2-4-11(17)8-13/h1-6,8H,7,9H2. The summed E-state index contributed by atoms with van der Waals surface area (Å²) < 4.78 is 19.0. The van der Waals surface area contributed by atoms with Crippen LogP contribution in [0.3, 0.4) is 0 Å². The number of hydrogen-bond acceptors (Lipinski definition) is 2. The van der Waals surface area contributed by atoms with Gasteiger partial charge in [0.1, 0.15) is 18.2 Å². The predicted molar refractivity (Wildman–Crippen MR) is 79.8 cm³/mol. The number of hydrogen-bond donors (Lipinski definition) is 0. The molecule has 0 saturated carbocycles. The molecule has 0 atom stereocenters. The fraction of sp³-hybridized carbons (Fsp3) is 0.133. The van der Waals surface area contributed by atoms with E-state index in [2.05, 4.69) is 15.9 Å². The number of ether oxygens (including phenoxy) is 1. The van der Waals surface area contributed by atoms with Crippen molar-refractivity contribution in [2.75, 3.05) is 6.61 Å². The molecule has 5 heteroatoms. The third-order valence-electron chi connectivity index (χ3n) is 2.62. The number of Topliss-reactive ketones (excluding diaryl/α,β-unsaturated/α-hetero) is 1. The van der Waals surface area contributed by atoms with Crippen LogP contribution >= 0.6 is 27.5 Å². The van der Waals surface area contributed by atoms with E-state index in [1.54, 1.807) is 36.4 Å². The van der Waals surface area contributed by atoms with Crippen LogP contribution < -0.4 is 4.74 Å². The van der Waals surface area contributed by atoms with Crippen molar-refractivity contribution in [1.82, 2.24) is 0 Å². The first-order chi connectivity index (χ1) is 9.56. The Balaban J connectivity index is 1.94. The molecular weight excluding hydrogens is 347 g/mol. The lowest BCUT2D eigenvalue weighted by molar-refractivity contribution is -0.120. The van der Waals surface area contributed by atoms with Crippen molar-refractivity contribution in [1.29, 1.82) is 0 Å². The fourth-order valence-corrected chi connectivity index (χ4v) is 2.25. The van der Waals surface area contributed by atoms with E-state index in [4.69, 9.17) is 16.3 Å². The average Bonchev–Trinajstić information content (AvgIpc) is 2.42. The van der Waals surface area contributed by atoms with Gasteiger partial charge in [-0.25, -0.2) is 4.39 Å². The van der Waals surface area contributed by atoms with E-state index in [0.717, 1.165) is 0 Å². The van der Waals surface area contributed by atoms with Crippen LogP contribution in [-0.4, -0.2) is 12.4 Å². The first kappa shape index (κ1) is 15.0. The molecule has 0 aliphatic heterocycles. The maximum Gasteiger partial charge on any atom is 0.174 e. The summed E-state index contributed by atoms with van der Waals surface area (Å²) >= 11 is 8.94. The quantitative estimate of drug-likeness (QED) is 0.791. The Morgan fingerprint density at radius 1 is 1.25 bits per heavy atom. The van der Waals surface area contributed by atoms with Gasteiger partial charge in [-0.1, -0.05) is 29.8 Å². The molecule has 2 aromatic carbocycles. The lowest BCUT2D eigenvalue weighted by Crippen LogP contribution is -2.14. The van der Waals surface area contributed by atoms with Gasteiger partial charge in [0.2, 0.25) is 0 Å². The van der Waals surface area contributed by atoms with Gasteiger partial charge in [0.25, 0.3) is 0 Å². The summed E-state index contributed by atoms with van der Waals surface area (Å²) in [5, 5.41) is 0.544. The predicted octanol–water partition coefficient (Wildman–Crippen LogP) is 4.43. The van der Waals surface area contributed by atoms with Gasteiger partial charge < -0.3 is 4.74 Å². The number of carbonyl (C=O) groups excluding carboxylic acids is 1. The van der Waals surface area contributed by atoms with Gasteiger partial charge in [0.05, 0.1) is 4.47 Å². The topological polar surface area (TPSA) is 26.3 Å². The van der Waals surface area contributed by atoms with Gasteiger partial charge in [-0.15, -0.1) is 0 Å². The summed E-state index contributed by atoms with van der Waals surface area (Å²) in [5.74, 6) is 0.00601. The van der Waals surface area contributed by atoms with E-state index in [9.17, 15) is 9.18 Å². The summed E-state index contributed by atoms with van der Waals surface area (Å²) in [4.78, 5) is 11.8. The monoisotopic (exact) mass is 356 g/mol. The Labute approximate surface area is 129 Å². The molecule has 2 aromatic rings. The molecule has 104 valence electrons. The molecule has 0 aliphatic carbocycles. The van der Waals surface area contributed by atoms with Crippen LogP contribution in [0.15, 0.2) is 46.9 Å². The lowest BCUT2D eigenvalue weighted by Gasteiger charge is -2.07. The molecule has 0 spiro atoms. The Hall–Kier alpha value is -1.39. The Kier molecular flexibility index (Phi) is 5.15. The molecule has 2 rings (SSSR count). The number of benzene rings is 2. The zero-order valence-corrected chi connectivity index (χ0v) is 12.7. The second-order valence-corrected chi connectivity index (χ2v) is 5.40. The largest absolute Gasteiger partial charge is 0.486 e. The molecule has 0 fully saturated rings. The number of carbonyl (C=O) groups is 1. The van der Waals surface area contributed by atoms with Gasteiger partial charge in [-0.05, 0) is 45.8 Å². The molecule has 0 saturated heterocycles. The minimum absolute atomic E-state index is 0.0801. The highest BCUT2D eigenvalue weighted by molar-refractivity contribution is 9.10. The first-order valence-corrected chi connectivity index (χ1v) is 7.06. The first-order valence-electron chi connectivity index (χ1n) is 5.89. The minimum Gasteiger partial charge on any atom is -0.486 e. The van der Waals surface area contributed by atoms with Gasteiger partial charge in [-0.2, -0.15) is 0 Å². The fourth-order valence-electron chi connectivity index (χ4n) is 1.67. The van der Waals surface area contributed by atoms with E-state index >= 15 is 0 Å². The van der Waals surface area contributed by atoms with Crippen molar-refractivity contribution in [2.24, 2.45) is 0 Å². The average molecular weight is 358 g/mol. The summed E-state index contributed by atoms with van der Waals surface area (Å²) in [6, 6.07) is 11.4. The molecule has 0 amide bonds. The van der Waals surface area contributed by atoms with E-state index in [1.165, 1.54) is 6.07 Å². The summed E-state index contributed by atoms with van der Waals surface area (Å²) in [6.07, 6.45) is 0.110. The molecular formula is C15H11BrClFO2. The molecule has 0 radical (unpaired) electrons. The van der Waals surface area contributed by atoms with Crippen LogP contribution in [0.5, 0.6) is 5.75 Å². The zero-order valence-electron chi connectivity index (χ0n) is 10.4. The Morgan fingerprint density at radius 3 is 2.75 bits per heavy atom. The highest BCUT2D eigenvalue weighted by atomic mass is 79.9. The van der Waals surface area contributed by atoms with Crippen molar-refractivity contribution in [3.05, 3.63) is 63.3 Å². The molecule has 0 heterocycles. The highest BCUT2D eigenvalue weighted by Crippen LogP contribution is 2.21. The van der Waals surface area contributed by atoms with Gasteiger partial charge in [0, 0.05) is 11.4 Å². The summed E-state index contributed by atoms with van der Waals surface area (Å²) in [5.41, 5.74) is 0.602. The van der Waals surface area contributed by atoms with Crippen LogP contribution in [-0.2, 0) is 11.2 Å². The van der Waals surface area contributed by atoms with Crippen LogP contribution in [0, 0.1) is 5.82 Å². The van der Waals surface area contributed by atoms with Crippen LogP contribution in [0.25, 0.3) is 0 Å². The van der Waals surface area contributed by atoms with E-state index in [1.807, 2.05) is 0 Å². The van der Waals surface area contributed by atoms with E-state index in [0.29, 0.717) is 20.8 Å². The smallest absolute Gasteiger partial charge is 0.174 e. The SMILES string of the molecule is O=C(COc1cccc(Cl)c1)Cc1cccc(F)c1Br. The van der Waals surface area contributed by atoms with Gasteiger partial charge in [0.15, 0.2) is 5.78 Å². The van der Waals surface area contributed by atoms with Gasteiger partial charge in [-0.3, -0.25) is 4.79 Å². The maximum absolute atomic E-state index is 13.3. The van der Waals surface area contributed by atoms with Crippen LogP contribution in [0.4, 0.5) is 4.39 Å². The zero-order chi connectivity index (χ0) is 14.5. The summed E-state index contributed by atoms with van der Waals surface area (Å²) in [6.45, 7) is -0.0801. The normalized spacial score (nSPS) is 10.3. The molecule has 0 bridgehead atoms. The van der Waals surface area contributed by atoms with Crippen molar-refractivity contribution >= 4 is 33.3 Å². The summed E-state index contributed by atoms with van der Waals surface area (Å²) in [7, 11) is 0. The lowest BCUT2D eigenvalue weighted by atomic mass is 10.1. The van der Waals surface area contributed by atoms with Gasteiger partial charge >= 0.3 is 0 Å². The Bertz CT molecular complexity index is 631. The molecule has 0 aromatic heterocycles. The highest BCUT2D eigenvalue weighted by Gasteiger charge is 2.10. The van der Waals surface area contributed by atoms with Crippen molar-refractivity contribution in [3.63, 3.8) is 0 Å². The Morgan fingerprint density at radius 2 is 2.00 bits per heavy atom. The van der Waals surface area contributed by atoms with Crippen LogP contribution in [0.1, 0.15) is 5.56 Å². The number of rotatable bonds is 5. The van der Waals surface area contributed by atoms with E-state index in [-0.39, 0.29) is 24.6 Å². The number of halogens is 3. The van der Waals surface area contributed by atoms with Crippen molar-refractivity contribution in [3.8, 4) is 5.75 Å². The molecule has 0 unspecified atom stereocenters. The molecule has 2 nitrogen and oxygen atoms in total. The third-order valence-corrected chi connectivity index (χ3v) is 3.74. The molecule has 0 aliphatic rings.